The Morgan fingerprint density at radius 3 is 2.25 bits per heavy atom. The molecule has 1 atom stereocenters. The van der Waals surface area contributed by atoms with Crippen LogP contribution in [-0.4, -0.2) is 30.6 Å². The van der Waals surface area contributed by atoms with E-state index in [1.807, 2.05) is 54.6 Å². The lowest BCUT2D eigenvalue weighted by atomic mass is 9.98. The van der Waals surface area contributed by atoms with Crippen molar-refractivity contribution >= 4 is 11.9 Å². The van der Waals surface area contributed by atoms with Crippen molar-refractivity contribution in [3.05, 3.63) is 95.8 Å². The van der Waals surface area contributed by atoms with Crippen LogP contribution in [0.1, 0.15) is 27.7 Å². The number of hydrogen-bond donors (Lipinski definition) is 1. The molecule has 2 aromatic carbocycles. The van der Waals surface area contributed by atoms with Crippen LogP contribution in [0.4, 0.5) is 0 Å². The molecule has 0 aliphatic rings. The first kappa shape index (κ1) is 19.1. The number of nitrogens with one attached hydrogen (secondary N) is 1. The van der Waals surface area contributed by atoms with E-state index >= 15 is 0 Å². The molecule has 3 rings (SSSR count). The van der Waals surface area contributed by atoms with Gasteiger partial charge in [-0.05, 0) is 35.4 Å². The van der Waals surface area contributed by atoms with Gasteiger partial charge < -0.3 is 14.8 Å². The highest BCUT2D eigenvalue weighted by atomic mass is 16.5. The van der Waals surface area contributed by atoms with Crippen molar-refractivity contribution in [3.8, 4) is 5.75 Å². The summed E-state index contributed by atoms with van der Waals surface area (Å²) in [7, 11) is 1.60. The number of carbonyl (C=O) groups is 2. The Bertz CT molecular complexity index is 912. The monoisotopic (exact) mass is 376 g/mol. The minimum absolute atomic E-state index is 0.157. The largest absolute Gasteiger partial charge is 0.497 e. The first-order chi connectivity index (χ1) is 13.7. The van der Waals surface area contributed by atoms with Crippen molar-refractivity contribution < 1.29 is 19.1 Å². The van der Waals surface area contributed by atoms with E-state index in [1.165, 1.54) is 12.3 Å². The van der Waals surface area contributed by atoms with Gasteiger partial charge >= 0.3 is 5.97 Å². The second kappa shape index (κ2) is 9.32. The fraction of sp³-hybridized carbons (Fsp3) is 0.136. The highest BCUT2D eigenvalue weighted by Gasteiger charge is 2.18. The van der Waals surface area contributed by atoms with Crippen LogP contribution >= 0.6 is 0 Å². The average Bonchev–Trinajstić information content (AvgIpc) is 2.77. The molecule has 6 heteroatoms. The Kier molecular flexibility index (Phi) is 6.36. The summed E-state index contributed by atoms with van der Waals surface area (Å²) in [5.41, 5.74) is 1.96. The number of benzene rings is 2. The lowest BCUT2D eigenvalue weighted by molar-refractivity contribution is -0.124. The van der Waals surface area contributed by atoms with Crippen molar-refractivity contribution in [2.75, 3.05) is 13.7 Å². The number of nitrogens with zero attached hydrogens (tertiary/aromatic N) is 1. The zero-order valence-electron chi connectivity index (χ0n) is 15.4. The van der Waals surface area contributed by atoms with E-state index in [1.54, 1.807) is 19.2 Å². The van der Waals surface area contributed by atoms with Crippen LogP contribution in [0.2, 0.25) is 0 Å². The van der Waals surface area contributed by atoms with Gasteiger partial charge in [-0.3, -0.25) is 4.79 Å². The van der Waals surface area contributed by atoms with E-state index in [4.69, 9.17) is 9.47 Å². The first-order valence-corrected chi connectivity index (χ1v) is 8.74. The lowest BCUT2D eigenvalue weighted by Crippen LogP contribution is -2.33. The molecule has 0 spiro atoms. The zero-order chi connectivity index (χ0) is 19.8. The second-order valence-corrected chi connectivity index (χ2v) is 5.98. The molecule has 0 saturated heterocycles. The standard InChI is InChI=1S/C22H20N2O4/c1-27-18-12-10-17(11-13-18)21(16-7-3-2-4-8-16)24-20(25)15-28-22(26)19-9-5-6-14-23-19/h2-14,21H,15H2,1H3,(H,24,25)/t21-/m0/s1. The molecule has 1 N–H and O–H groups in total. The Balaban J connectivity index is 1.70. The molecule has 1 heterocycles. The van der Waals surface area contributed by atoms with E-state index in [9.17, 15) is 9.59 Å². The van der Waals surface area contributed by atoms with Crippen LogP contribution in [0.3, 0.4) is 0 Å². The highest BCUT2D eigenvalue weighted by molar-refractivity contribution is 5.89. The Hall–Kier alpha value is -3.67. The van der Waals surface area contributed by atoms with Crippen LogP contribution in [-0.2, 0) is 9.53 Å². The number of ether oxygens (including phenoxy) is 2. The topological polar surface area (TPSA) is 77.5 Å². The fourth-order valence-corrected chi connectivity index (χ4v) is 2.69. The molecule has 142 valence electrons. The number of esters is 1. The van der Waals surface area contributed by atoms with Gasteiger partial charge in [-0.2, -0.15) is 0 Å². The third kappa shape index (κ3) is 4.94. The quantitative estimate of drug-likeness (QED) is 0.641. The molecule has 0 bridgehead atoms. The number of carbonyl (C=O) groups excluding carboxylic acids is 2. The van der Waals surface area contributed by atoms with Gasteiger partial charge in [0, 0.05) is 6.20 Å². The molecule has 0 radical (unpaired) electrons. The summed E-state index contributed by atoms with van der Waals surface area (Å²) >= 11 is 0. The van der Waals surface area contributed by atoms with Gasteiger partial charge in [0.15, 0.2) is 6.61 Å². The Labute approximate surface area is 163 Å². The summed E-state index contributed by atoms with van der Waals surface area (Å²) in [4.78, 5) is 28.3. The molecule has 3 aromatic rings. The van der Waals surface area contributed by atoms with Gasteiger partial charge in [-0.15, -0.1) is 0 Å². The van der Waals surface area contributed by atoms with Crippen molar-refractivity contribution in [2.45, 2.75) is 6.04 Å². The molecule has 0 unspecified atom stereocenters. The van der Waals surface area contributed by atoms with Gasteiger partial charge in [0.25, 0.3) is 5.91 Å². The van der Waals surface area contributed by atoms with E-state index in [0.717, 1.165) is 16.9 Å². The van der Waals surface area contributed by atoms with E-state index in [-0.39, 0.29) is 11.7 Å². The third-order valence-electron chi connectivity index (χ3n) is 4.10. The van der Waals surface area contributed by atoms with Crippen LogP contribution in [0.5, 0.6) is 5.75 Å². The van der Waals surface area contributed by atoms with Gasteiger partial charge in [0.1, 0.15) is 11.4 Å². The summed E-state index contributed by atoms with van der Waals surface area (Å²) in [5.74, 6) is -0.323. The van der Waals surface area contributed by atoms with Crippen LogP contribution < -0.4 is 10.1 Å². The molecule has 1 aromatic heterocycles. The molecule has 0 aliphatic heterocycles. The summed E-state index contributed by atoms with van der Waals surface area (Å²) in [6.45, 7) is -0.394. The predicted octanol–water partition coefficient (Wildman–Crippen LogP) is 3.15. The van der Waals surface area contributed by atoms with E-state index in [0.29, 0.717) is 0 Å². The van der Waals surface area contributed by atoms with E-state index < -0.39 is 18.5 Å². The maximum Gasteiger partial charge on any atom is 0.357 e. The fourth-order valence-electron chi connectivity index (χ4n) is 2.69. The molecule has 0 fully saturated rings. The number of hydrogen-bond acceptors (Lipinski definition) is 5. The number of amides is 1. The molecule has 6 nitrogen and oxygen atoms in total. The molecular formula is C22H20N2O4. The van der Waals surface area contributed by atoms with Crippen LogP contribution in [0.25, 0.3) is 0 Å². The van der Waals surface area contributed by atoms with Gasteiger partial charge in [-0.25, -0.2) is 9.78 Å². The number of methoxy groups -OCH3 is 1. The number of pyridine rings is 1. The minimum Gasteiger partial charge on any atom is -0.497 e. The van der Waals surface area contributed by atoms with Crippen LogP contribution in [0.15, 0.2) is 79.0 Å². The van der Waals surface area contributed by atoms with Crippen molar-refractivity contribution in [1.82, 2.24) is 10.3 Å². The molecular weight excluding hydrogens is 356 g/mol. The lowest BCUT2D eigenvalue weighted by Gasteiger charge is -2.20. The molecule has 1 amide bonds. The van der Waals surface area contributed by atoms with Gasteiger partial charge in [-0.1, -0.05) is 48.5 Å². The SMILES string of the molecule is COc1ccc([C@@H](NC(=O)COC(=O)c2ccccn2)c2ccccc2)cc1. The maximum absolute atomic E-state index is 12.4. The highest BCUT2D eigenvalue weighted by Crippen LogP contribution is 2.24. The average molecular weight is 376 g/mol. The van der Waals surface area contributed by atoms with Crippen molar-refractivity contribution in [1.29, 1.82) is 0 Å². The van der Waals surface area contributed by atoms with E-state index in [2.05, 4.69) is 10.3 Å². The summed E-state index contributed by atoms with van der Waals surface area (Å²) < 4.78 is 10.3. The third-order valence-corrected chi connectivity index (χ3v) is 4.10. The van der Waals surface area contributed by atoms with Crippen LogP contribution in [0, 0.1) is 0 Å². The Morgan fingerprint density at radius 2 is 1.61 bits per heavy atom. The zero-order valence-corrected chi connectivity index (χ0v) is 15.4. The summed E-state index contributed by atoms with van der Waals surface area (Å²) in [6.07, 6.45) is 1.49. The maximum atomic E-state index is 12.4. The van der Waals surface area contributed by atoms with Gasteiger partial charge in [0.2, 0.25) is 0 Å². The summed E-state index contributed by atoms with van der Waals surface area (Å²) in [5, 5.41) is 2.92. The Morgan fingerprint density at radius 1 is 0.929 bits per heavy atom. The summed E-state index contributed by atoms with van der Waals surface area (Å²) in [6, 6.07) is 21.5. The first-order valence-electron chi connectivity index (χ1n) is 8.74. The molecule has 0 aliphatic carbocycles. The number of rotatable bonds is 7. The van der Waals surface area contributed by atoms with Crippen molar-refractivity contribution in [3.63, 3.8) is 0 Å². The minimum atomic E-state index is -0.642. The molecule has 0 saturated carbocycles. The normalized spacial score (nSPS) is 11.3. The molecule has 28 heavy (non-hydrogen) atoms. The van der Waals surface area contributed by atoms with Gasteiger partial charge in [0.05, 0.1) is 13.2 Å². The van der Waals surface area contributed by atoms with Crippen molar-refractivity contribution in [2.24, 2.45) is 0 Å². The smallest absolute Gasteiger partial charge is 0.357 e. The number of aromatic nitrogens is 1. The second-order valence-electron chi connectivity index (χ2n) is 5.98. The predicted molar refractivity (Wildman–Crippen MR) is 104 cm³/mol.